The molecule has 1 N–H and O–H groups in total. The standard InChI is InChI=1S/C8H14O3.C3H8/c1-6-4-2-3-5-7(6)11-8(9)10;1-3-2/h6-7H,2-5H2,1H3,(H,9,10);3H2,1-2H3. The van der Waals surface area contributed by atoms with Gasteiger partial charge in [-0.25, -0.2) is 4.79 Å². The predicted octanol–water partition coefficient (Wildman–Crippen LogP) is 3.68. The summed E-state index contributed by atoms with van der Waals surface area (Å²) >= 11 is 0. The number of hydrogen-bond donors (Lipinski definition) is 1. The smallest absolute Gasteiger partial charge is 0.450 e. The molecule has 0 aromatic heterocycles. The van der Waals surface area contributed by atoms with E-state index in [-0.39, 0.29) is 6.10 Å². The van der Waals surface area contributed by atoms with E-state index in [0.717, 1.165) is 19.3 Å². The van der Waals surface area contributed by atoms with Gasteiger partial charge in [0.2, 0.25) is 0 Å². The van der Waals surface area contributed by atoms with Crippen LogP contribution in [0.5, 0.6) is 0 Å². The van der Waals surface area contributed by atoms with E-state index in [0.29, 0.717) is 5.92 Å². The molecular weight excluding hydrogens is 180 g/mol. The molecule has 0 spiro atoms. The van der Waals surface area contributed by atoms with Gasteiger partial charge in [0.25, 0.3) is 0 Å². The lowest BCUT2D eigenvalue weighted by Crippen LogP contribution is -2.27. The minimum atomic E-state index is -1.14. The van der Waals surface area contributed by atoms with Crippen molar-refractivity contribution in [1.82, 2.24) is 0 Å². The van der Waals surface area contributed by atoms with E-state index >= 15 is 0 Å². The molecule has 0 amide bonds. The second-order valence-corrected chi connectivity index (χ2v) is 3.89. The molecule has 3 heteroatoms. The second kappa shape index (κ2) is 7.65. The van der Waals surface area contributed by atoms with Crippen LogP contribution in [0.15, 0.2) is 0 Å². The summed E-state index contributed by atoms with van der Waals surface area (Å²) in [7, 11) is 0. The van der Waals surface area contributed by atoms with Crippen molar-refractivity contribution in [2.24, 2.45) is 5.92 Å². The molecule has 0 aromatic rings. The fourth-order valence-corrected chi connectivity index (χ4v) is 1.59. The molecule has 0 saturated heterocycles. The Hall–Kier alpha value is -0.730. The molecule has 0 aromatic carbocycles. The largest absolute Gasteiger partial charge is 0.506 e. The molecular formula is C11H22O3. The van der Waals surface area contributed by atoms with Crippen LogP contribution < -0.4 is 0 Å². The highest BCUT2D eigenvalue weighted by Crippen LogP contribution is 2.26. The predicted molar refractivity (Wildman–Crippen MR) is 56.5 cm³/mol. The zero-order valence-electron chi connectivity index (χ0n) is 9.45. The van der Waals surface area contributed by atoms with Gasteiger partial charge >= 0.3 is 6.16 Å². The molecule has 1 fully saturated rings. The van der Waals surface area contributed by atoms with E-state index in [1.807, 2.05) is 6.92 Å². The van der Waals surface area contributed by atoms with Crippen molar-refractivity contribution in [2.45, 2.75) is 59.0 Å². The Bertz CT molecular complexity index is 157. The number of rotatable bonds is 1. The van der Waals surface area contributed by atoms with Gasteiger partial charge in [-0.1, -0.05) is 33.6 Å². The Kier molecular flexibility index (Phi) is 7.25. The summed E-state index contributed by atoms with van der Waals surface area (Å²) in [6, 6.07) is 0. The maximum atomic E-state index is 10.2. The SMILES string of the molecule is CC1CCCCC1OC(=O)O.CCC. The second-order valence-electron chi connectivity index (χ2n) is 3.89. The molecule has 2 atom stereocenters. The van der Waals surface area contributed by atoms with Gasteiger partial charge < -0.3 is 9.84 Å². The maximum Gasteiger partial charge on any atom is 0.506 e. The van der Waals surface area contributed by atoms with Crippen molar-refractivity contribution in [2.75, 3.05) is 0 Å². The molecule has 0 radical (unpaired) electrons. The summed E-state index contributed by atoms with van der Waals surface area (Å²) in [6.45, 7) is 6.30. The normalized spacial score (nSPS) is 25.9. The summed E-state index contributed by atoms with van der Waals surface area (Å²) in [4.78, 5) is 10.2. The van der Waals surface area contributed by atoms with Gasteiger partial charge in [-0.2, -0.15) is 0 Å². The van der Waals surface area contributed by atoms with Crippen molar-refractivity contribution in [1.29, 1.82) is 0 Å². The fraction of sp³-hybridized carbons (Fsp3) is 0.909. The molecule has 2 unspecified atom stereocenters. The Morgan fingerprint density at radius 2 is 1.86 bits per heavy atom. The van der Waals surface area contributed by atoms with Crippen molar-refractivity contribution in [3.8, 4) is 0 Å². The topological polar surface area (TPSA) is 46.5 Å². The third-order valence-electron chi connectivity index (χ3n) is 2.28. The Morgan fingerprint density at radius 1 is 1.36 bits per heavy atom. The zero-order valence-corrected chi connectivity index (χ0v) is 9.45. The highest BCUT2D eigenvalue weighted by molar-refractivity contribution is 5.57. The average molecular weight is 202 g/mol. The van der Waals surface area contributed by atoms with Crippen LogP contribution in [0.25, 0.3) is 0 Å². The third-order valence-corrected chi connectivity index (χ3v) is 2.28. The van der Waals surface area contributed by atoms with Crippen LogP contribution in [0.4, 0.5) is 4.79 Å². The van der Waals surface area contributed by atoms with E-state index in [1.165, 1.54) is 12.8 Å². The minimum Gasteiger partial charge on any atom is -0.450 e. The van der Waals surface area contributed by atoms with E-state index in [2.05, 4.69) is 13.8 Å². The van der Waals surface area contributed by atoms with Crippen molar-refractivity contribution in [3.63, 3.8) is 0 Å². The quantitative estimate of drug-likeness (QED) is 0.660. The van der Waals surface area contributed by atoms with Gasteiger partial charge in [-0.3, -0.25) is 0 Å². The van der Waals surface area contributed by atoms with E-state index in [1.54, 1.807) is 0 Å². The molecule has 1 aliphatic rings. The Morgan fingerprint density at radius 3 is 2.29 bits per heavy atom. The van der Waals surface area contributed by atoms with Crippen LogP contribution in [0.3, 0.4) is 0 Å². The summed E-state index contributed by atoms with van der Waals surface area (Å²) < 4.78 is 4.72. The van der Waals surface area contributed by atoms with Gasteiger partial charge in [0.05, 0.1) is 0 Å². The molecule has 84 valence electrons. The van der Waals surface area contributed by atoms with Crippen LogP contribution in [-0.4, -0.2) is 17.4 Å². The number of hydrogen-bond acceptors (Lipinski definition) is 2. The molecule has 1 aliphatic carbocycles. The molecule has 3 nitrogen and oxygen atoms in total. The summed E-state index contributed by atoms with van der Waals surface area (Å²) in [5.74, 6) is 0.403. The van der Waals surface area contributed by atoms with E-state index in [9.17, 15) is 4.79 Å². The van der Waals surface area contributed by atoms with Crippen LogP contribution in [-0.2, 0) is 4.74 Å². The Labute approximate surface area is 86.5 Å². The van der Waals surface area contributed by atoms with Crippen LogP contribution >= 0.6 is 0 Å². The van der Waals surface area contributed by atoms with Crippen LogP contribution in [0, 0.1) is 5.92 Å². The zero-order chi connectivity index (χ0) is 11.0. The van der Waals surface area contributed by atoms with Gasteiger partial charge in [-0.15, -0.1) is 0 Å². The molecule has 1 saturated carbocycles. The van der Waals surface area contributed by atoms with Gasteiger partial charge in [0, 0.05) is 0 Å². The molecule has 0 bridgehead atoms. The highest BCUT2D eigenvalue weighted by atomic mass is 16.7. The first kappa shape index (κ1) is 13.3. The van der Waals surface area contributed by atoms with Gasteiger partial charge in [-0.05, 0) is 25.2 Å². The molecule has 14 heavy (non-hydrogen) atoms. The summed E-state index contributed by atoms with van der Waals surface area (Å²) in [6.07, 6.45) is 4.36. The van der Waals surface area contributed by atoms with Crippen LogP contribution in [0.2, 0.25) is 0 Å². The first-order valence-electron chi connectivity index (χ1n) is 5.51. The minimum absolute atomic E-state index is 0.0544. The Balaban J connectivity index is 0.000000500. The number of carbonyl (C=O) groups is 1. The first-order valence-corrected chi connectivity index (χ1v) is 5.51. The molecule has 0 aliphatic heterocycles. The monoisotopic (exact) mass is 202 g/mol. The lowest BCUT2D eigenvalue weighted by Gasteiger charge is -2.26. The summed E-state index contributed by atoms with van der Waals surface area (Å²) in [5, 5.41) is 8.36. The fourth-order valence-electron chi connectivity index (χ4n) is 1.59. The number of carboxylic acid groups (broad SMARTS) is 1. The van der Waals surface area contributed by atoms with Crippen LogP contribution in [0.1, 0.15) is 52.9 Å². The molecule has 0 heterocycles. The maximum absolute atomic E-state index is 10.2. The third kappa shape index (κ3) is 5.84. The van der Waals surface area contributed by atoms with Crippen molar-refractivity contribution >= 4 is 6.16 Å². The first-order chi connectivity index (χ1) is 6.61. The van der Waals surface area contributed by atoms with Gasteiger partial charge in [0.15, 0.2) is 0 Å². The average Bonchev–Trinajstić information content (AvgIpc) is 2.09. The van der Waals surface area contributed by atoms with E-state index in [4.69, 9.17) is 9.84 Å². The van der Waals surface area contributed by atoms with Crippen molar-refractivity contribution in [3.05, 3.63) is 0 Å². The highest BCUT2D eigenvalue weighted by Gasteiger charge is 2.24. The van der Waals surface area contributed by atoms with E-state index < -0.39 is 6.16 Å². The molecule has 1 rings (SSSR count). The summed E-state index contributed by atoms with van der Waals surface area (Å²) in [5.41, 5.74) is 0. The lowest BCUT2D eigenvalue weighted by molar-refractivity contribution is 0.0113. The number of ether oxygens (including phenoxy) is 1. The van der Waals surface area contributed by atoms with Gasteiger partial charge in [0.1, 0.15) is 6.10 Å². The lowest BCUT2D eigenvalue weighted by atomic mass is 9.88. The van der Waals surface area contributed by atoms with Crippen molar-refractivity contribution < 1.29 is 14.6 Å².